The number of pyridine rings is 1. The first-order valence-electron chi connectivity index (χ1n) is 7.89. The lowest BCUT2D eigenvalue weighted by Crippen LogP contribution is -2.42. The molecular formula is C16H21N5OS. The van der Waals surface area contributed by atoms with Crippen molar-refractivity contribution in [3.05, 3.63) is 24.5 Å². The van der Waals surface area contributed by atoms with Crippen LogP contribution in [0.1, 0.15) is 26.2 Å². The zero-order valence-corrected chi connectivity index (χ0v) is 14.3. The second-order valence-corrected chi connectivity index (χ2v) is 6.76. The molecule has 0 bridgehead atoms. The van der Waals surface area contributed by atoms with Gasteiger partial charge in [-0.2, -0.15) is 0 Å². The van der Waals surface area contributed by atoms with Gasteiger partial charge in [-0.1, -0.05) is 11.8 Å². The van der Waals surface area contributed by atoms with E-state index in [9.17, 15) is 4.79 Å². The van der Waals surface area contributed by atoms with Gasteiger partial charge >= 0.3 is 0 Å². The summed E-state index contributed by atoms with van der Waals surface area (Å²) in [6.45, 7) is 3.01. The molecule has 1 atom stereocenters. The van der Waals surface area contributed by atoms with Crippen molar-refractivity contribution in [3.8, 4) is 11.4 Å². The van der Waals surface area contributed by atoms with Gasteiger partial charge in [0.1, 0.15) is 0 Å². The minimum Gasteiger partial charge on any atom is -0.339 e. The number of aromatic nitrogens is 4. The van der Waals surface area contributed by atoms with Crippen LogP contribution in [0.2, 0.25) is 0 Å². The summed E-state index contributed by atoms with van der Waals surface area (Å²) in [4.78, 5) is 18.4. The number of carbonyl (C=O) groups is 1. The molecule has 7 heteroatoms. The van der Waals surface area contributed by atoms with Crippen molar-refractivity contribution in [1.82, 2.24) is 24.6 Å². The molecule has 6 nitrogen and oxygen atoms in total. The van der Waals surface area contributed by atoms with Crippen molar-refractivity contribution in [2.24, 2.45) is 7.05 Å². The lowest BCUT2D eigenvalue weighted by atomic mass is 10.0. The normalized spacial score (nSPS) is 18.2. The van der Waals surface area contributed by atoms with Crippen LogP contribution in [0.15, 0.2) is 29.7 Å². The summed E-state index contributed by atoms with van der Waals surface area (Å²) in [5, 5.41) is 9.20. The number of nitrogens with zero attached hydrogens (tertiary/aromatic N) is 5. The number of rotatable bonds is 4. The average molecular weight is 331 g/mol. The quantitative estimate of drug-likeness (QED) is 0.805. The van der Waals surface area contributed by atoms with Crippen molar-refractivity contribution in [3.63, 3.8) is 0 Å². The molecule has 1 amide bonds. The first-order valence-corrected chi connectivity index (χ1v) is 8.87. The van der Waals surface area contributed by atoms with E-state index in [1.165, 1.54) is 18.2 Å². The zero-order valence-electron chi connectivity index (χ0n) is 13.5. The van der Waals surface area contributed by atoms with E-state index < -0.39 is 0 Å². The van der Waals surface area contributed by atoms with Gasteiger partial charge < -0.3 is 9.47 Å². The van der Waals surface area contributed by atoms with E-state index in [-0.39, 0.29) is 5.91 Å². The molecule has 23 heavy (non-hydrogen) atoms. The van der Waals surface area contributed by atoms with Gasteiger partial charge in [0, 0.05) is 37.6 Å². The minimum absolute atomic E-state index is 0.190. The predicted molar refractivity (Wildman–Crippen MR) is 90.0 cm³/mol. The third-order valence-electron chi connectivity index (χ3n) is 4.22. The number of hydrogen-bond acceptors (Lipinski definition) is 5. The molecule has 0 unspecified atom stereocenters. The summed E-state index contributed by atoms with van der Waals surface area (Å²) in [6, 6.07) is 4.15. The van der Waals surface area contributed by atoms with Crippen molar-refractivity contribution in [2.75, 3.05) is 12.3 Å². The number of carbonyl (C=O) groups excluding carboxylic acids is 1. The van der Waals surface area contributed by atoms with Gasteiger partial charge in [-0.05, 0) is 38.3 Å². The van der Waals surface area contributed by atoms with Gasteiger partial charge in [-0.3, -0.25) is 9.78 Å². The Hall–Kier alpha value is -1.89. The van der Waals surface area contributed by atoms with Gasteiger partial charge in [-0.15, -0.1) is 10.2 Å². The Labute approximate surface area is 140 Å². The Morgan fingerprint density at radius 2 is 2.09 bits per heavy atom. The lowest BCUT2D eigenvalue weighted by Gasteiger charge is -2.33. The van der Waals surface area contributed by atoms with Gasteiger partial charge in [0.25, 0.3) is 0 Å². The molecular weight excluding hydrogens is 310 g/mol. The summed E-state index contributed by atoms with van der Waals surface area (Å²) in [5.74, 6) is 1.39. The van der Waals surface area contributed by atoms with Crippen LogP contribution in [0.3, 0.4) is 0 Å². The zero-order chi connectivity index (χ0) is 16.2. The summed E-state index contributed by atoms with van der Waals surface area (Å²) in [6.07, 6.45) is 6.90. The third-order valence-corrected chi connectivity index (χ3v) is 5.23. The Morgan fingerprint density at radius 3 is 2.83 bits per heavy atom. The fourth-order valence-electron chi connectivity index (χ4n) is 2.87. The van der Waals surface area contributed by atoms with Crippen LogP contribution in [0.25, 0.3) is 11.4 Å². The minimum atomic E-state index is 0.190. The highest BCUT2D eigenvalue weighted by atomic mass is 32.2. The van der Waals surface area contributed by atoms with E-state index in [0.29, 0.717) is 11.8 Å². The molecule has 2 aromatic heterocycles. The Balaban J connectivity index is 1.65. The van der Waals surface area contributed by atoms with E-state index in [1.54, 1.807) is 12.4 Å². The maximum absolute atomic E-state index is 12.4. The molecule has 0 saturated carbocycles. The molecule has 2 aromatic rings. The monoisotopic (exact) mass is 331 g/mol. The fraction of sp³-hybridized carbons (Fsp3) is 0.500. The van der Waals surface area contributed by atoms with Crippen LogP contribution in [0.4, 0.5) is 0 Å². The van der Waals surface area contributed by atoms with E-state index in [2.05, 4.69) is 22.1 Å². The maximum Gasteiger partial charge on any atom is 0.233 e. The van der Waals surface area contributed by atoms with E-state index in [1.807, 2.05) is 28.6 Å². The molecule has 3 heterocycles. The smallest absolute Gasteiger partial charge is 0.233 e. The molecule has 1 saturated heterocycles. The van der Waals surface area contributed by atoms with Crippen molar-refractivity contribution in [2.45, 2.75) is 37.4 Å². The van der Waals surface area contributed by atoms with Crippen LogP contribution in [0, 0.1) is 0 Å². The number of piperidine rings is 1. The molecule has 122 valence electrons. The molecule has 0 spiro atoms. The maximum atomic E-state index is 12.4. The molecule has 1 aliphatic rings. The van der Waals surface area contributed by atoms with Gasteiger partial charge in [0.2, 0.25) is 5.91 Å². The highest BCUT2D eigenvalue weighted by Crippen LogP contribution is 2.23. The molecule has 0 aliphatic carbocycles. The van der Waals surface area contributed by atoms with E-state index in [0.717, 1.165) is 35.9 Å². The van der Waals surface area contributed by atoms with Gasteiger partial charge in [-0.25, -0.2) is 0 Å². The summed E-state index contributed by atoms with van der Waals surface area (Å²) in [5.41, 5.74) is 0.970. The average Bonchev–Trinajstić information content (AvgIpc) is 2.94. The molecule has 1 fully saturated rings. The summed E-state index contributed by atoms with van der Waals surface area (Å²) >= 11 is 1.45. The first-order chi connectivity index (χ1) is 11.2. The largest absolute Gasteiger partial charge is 0.339 e. The highest BCUT2D eigenvalue weighted by Gasteiger charge is 2.23. The SMILES string of the molecule is C[C@H]1CCCCN1C(=O)CSc1nnc(-c2ccncc2)n1C. The highest BCUT2D eigenvalue weighted by molar-refractivity contribution is 7.99. The number of thioether (sulfide) groups is 1. The van der Waals surface area contributed by atoms with Crippen LogP contribution in [0.5, 0.6) is 0 Å². The van der Waals surface area contributed by atoms with Crippen molar-refractivity contribution in [1.29, 1.82) is 0 Å². The second kappa shape index (κ2) is 7.12. The van der Waals surface area contributed by atoms with E-state index in [4.69, 9.17) is 0 Å². The second-order valence-electron chi connectivity index (χ2n) is 5.82. The Morgan fingerprint density at radius 1 is 1.30 bits per heavy atom. The Kier molecular flexibility index (Phi) is 4.95. The molecule has 0 aromatic carbocycles. The summed E-state index contributed by atoms with van der Waals surface area (Å²) in [7, 11) is 1.92. The van der Waals surface area contributed by atoms with Crippen LogP contribution >= 0.6 is 11.8 Å². The predicted octanol–water partition coefficient (Wildman–Crippen LogP) is 2.37. The van der Waals surface area contributed by atoms with Crippen LogP contribution < -0.4 is 0 Å². The van der Waals surface area contributed by atoms with Crippen molar-refractivity contribution >= 4 is 17.7 Å². The Bertz CT molecular complexity index is 672. The van der Waals surface area contributed by atoms with E-state index >= 15 is 0 Å². The van der Waals surface area contributed by atoms with Gasteiger partial charge in [0.15, 0.2) is 11.0 Å². The summed E-state index contributed by atoms with van der Waals surface area (Å²) < 4.78 is 1.92. The van der Waals surface area contributed by atoms with Crippen LogP contribution in [-0.4, -0.2) is 48.9 Å². The molecule has 0 N–H and O–H groups in total. The number of amides is 1. The molecule has 1 aliphatic heterocycles. The topological polar surface area (TPSA) is 63.9 Å². The number of hydrogen-bond donors (Lipinski definition) is 0. The van der Waals surface area contributed by atoms with Gasteiger partial charge in [0.05, 0.1) is 5.75 Å². The first kappa shape index (κ1) is 16.0. The third kappa shape index (κ3) is 3.55. The lowest BCUT2D eigenvalue weighted by molar-refractivity contribution is -0.131. The molecule has 0 radical (unpaired) electrons. The fourth-order valence-corrected chi connectivity index (χ4v) is 3.67. The number of likely N-dealkylation sites (tertiary alicyclic amines) is 1. The van der Waals surface area contributed by atoms with Crippen molar-refractivity contribution < 1.29 is 4.79 Å². The van der Waals surface area contributed by atoms with Crippen LogP contribution in [-0.2, 0) is 11.8 Å². The standard InChI is InChI=1S/C16H21N5OS/c1-12-5-3-4-10-21(12)14(22)11-23-16-19-18-15(20(16)2)13-6-8-17-9-7-13/h6-9,12H,3-5,10-11H2,1-2H3/t12-/m0/s1. The molecule has 3 rings (SSSR count).